The SMILES string of the molecule is COc1ccc([C@@H]2C[C@H]2N)c(C)c1. The van der Waals surface area contributed by atoms with Gasteiger partial charge in [0.2, 0.25) is 0 Å². The third kappa shape index (κ3) is 1.54. The molecule has 0 amide bonds. The lowest BCUT2D eigenvalue weighted by Crippen LogP contribution is -2.02. The summed E-state index contributed by atoms with van der Waals surface area (Å²) in [6.07, 6.45) is 1.13. The van der Waals surface area contributed by atoms with E-state index >= 15 is 0 Å². The maximum atomic E-state index is 5.81. The summed E-state index contributed by atoms with van der Waals surface area (Å²) in [6, 6.07) is 6.59. The summed E-state index contributed by atoms with van der Waals surface area (Å²) in [5.41, 5.74) is 8.48. The topological polar surface area (TPSA) is 35.2 Å². The fourth-order valence-electron chi connectivity index (χ4n) is 1.76. The number of aryl methyl sites for hydroxylation is 1. The zero-order valence-electron chi connectivity index (χ0n) is 8.08. The van der Waals surface area contributed by atoms with Crippen LogP contribution < -0.4 is 10.5 Å². The van der Waals surface area contributed by atoms with Gasteiger partial charge in [-0.05, 0) is 36.6 Å². The minimum Gasteiger partial charge on any atom is -0.497 e. The Morgan fingerprint density at radius 1 is 1.46 bits per heavy atom. The fourth-order valence-corrected chi connectivity index (χ4v) is 1.76. The van der Waals surface area contributed by atoms with Crippen LogP contribution in [0, 0.1) is 6.92 Å². The molecule has 0 bridgehead atoms. The van der Waals surface area contributed by atoms with Gasteiger partial charge in [0, 0.05) is 12.0 Å². The highest BCUT2D eigenvalue weighted by Gasteiger charge is 2.35. The molecule has 2 N–H and O–H groups in total. The lowest BCUT2D eigenvalue weighted by Gasteiger charge is -2.06. The summed E-state index contributed by atoms with van der Waals surface area (Å²) < 4.78 is 5.15. The van der Waals surface area contributed by atoms with Crippen molar-refractivity contribution in [1.82, 2.24) is 0 Å². The Morgan fingerprint density at radius 3 is 2.62 bits per heavy atom. The zero-order chi connectivity index (χ0) is 9.42. The van der Waals surface area contributed by atoms with Crippen LogP contribution in [0.15, 0.2) is 18.2 Å². The lowest BCUT2D eigenvalue weighted by atomic mass is 10.0. The zero-order valence-corrected chi connectivity index (χ0v) is 8.08. The predicted octanol–water partition coefficient (Wildman–Crippen LogP) is 1.82. The molecular weight excluding hydrogens is 162 g/mol. The van der Waals surface area contributed by atoms with Crippen LogP contribution in [0.4, 0.5) is 0 Å². The molecule has 0 spiro atoms. The van der Waals surface area contributed by atoms with Crippen molar-refractivity contribution < 1.29 is 4.74 Å². The monoisotopic (exact) mass is 177 g/mol. The maximum absolute atomic E-state index is 5.81. The van der Waals surface area contributed by atoms with Crippen LogP contribution in [-0.2, 0) is 0 Å². The highest BCUT2D eigenvalue weighted by atomic mass is 16.5. The van der Waals surface area contributed by atoms with E-state index in [4.69, 9.17) is 10.5 Å². The molecule has 1 aliphatic carbocycles. The van der Waals surface area contributed by atoms with E-state index in [9.17, 15) is 0 Å². The molecule has 0 saturated heterocycles. The van der Waals surface area contributed by atoms with Gasteiger partial charge in [0.05, 0.1) is 7.11 Å². The summed E-state index contributed by atoms with van der Waals surface area (Å²) in [5.74, 6) is 1.52. The predicted molar refractivity (Wildman–Crippen MR) is 53.1 cm³/mol. The molecule has 1 aliphatic rings. The van der Waals surface area contributed by atoms with E-state index in [1.807, 2.05) is 6.07 Å². The molecule has 13 heavy (non-hydrogen) atoms. The van der Waals surface area contributed by atoms with Crippen LogP contribution >= 0.6 is 0 Å². The van der Waals surface area contributed by atoms with Gasteiger partial charge < -0.3 is 10.5 Å². The third-order valence-corrected chi connectivity index (χ3v) is 2.72. The molecule has 2 nitrogen and oxygen atoms in total. The lowest BCUT2D eigenvalue weighted by molar-refractivity contribution is 0.414. The number of rotatable bonds is 2. The minimum atomic E-state index is 0.382. The first kappa shape index (κ1) is 8.57. The Bertz CT molecular complexity index is 322. The Morgan fingerprint density at radius 2 is 2.15 bits per heavy atom. The van der Waals surface area contributed by atoms with Crippen molar-refractivity contribution in [3.63, 3.8) is 0 Å². The molecule has 0 heterocycles. The standard InChI is InChI=1S/C11H15NO/c1-7-5-8(13-2)3-4-9(7)10-6-11(10)12/h3-5,10-11H,6,12H2,1-2H3/t10-,11+/m0/s1. The Hall–Kier alpha value is -1.02. The molecule has 1 aromatic rings. The molecule has 2 heteroatoms. The first-order valence-corrected chi connectivity index (χ1v) is 4.62. The third-order valence-electron chi connectivity index (χ3n) is 2.72. The molecule has 0 aromatic heterocycles. The average Bonchev–Trinajstić information content (AvgIpc) is 2.82. The number of hydrogen-bond donors (Lipinski definition) is 1. The van der Waals surface area contributed by atoms with Gasteiger partial charge in [0.15, 0.2) is 0 Å². The average molecular weight is 177 g/mol. The quantitative estimate of drug-likeness (QED) is 0.747. The van der Waals surface area contributed by atoms with Gasteiger partial charge in [-0.3, -0.25) is 0 Å². The normalized spacial score (nSPS) is 25.8. The van der Waals surface area contributed by atoms with Crippen molar-refractivity contribution in [3.05, 3.63) is 29.3 Å². The molecule has 0 unspecified atom stereocenters. The van der Waals surface area contributed by atoms with E-state index in [0.717, 1.165) is 12.2 Å². The second kappa shape index (κ2) is 3.04. The molecule has 1 saturated carbocycles. The van der Waals surface area contributed by atoms with E-state index in [1.54, 1.807) is 7.11 Å². The first-order valence-electron chi connectivity index (χ1n) is 4.62. The molecule has 2 atom stereocenters. The van der Waals surface area contributed by atoms with Gasteiger partial charge >= 0.3 is 0 Å². The number of methoxy groups -OCH3 is 1. The Labute approximate surface area is 78.7 Å². The van der Waals surface area contributed by atoms with Crippen molar-refractivity contribution >= 4 is 0 Å². The highest BCUT2D eigenvalue weighted by molar-refractivity contribution is 5.40. The van der Waals surface area contributed by atoms with Gasteiger partial charge in [-0.15, -0.1) is 0 Å². The molecule has 0 radical (unpaired) electrons. The van der Waals surface area contributed by atoms with Crippen LogP contribution in [0.5, 0.6) is 5.75 Å². The van der Waals surface area contributed by atoms with E-state index in [-0.39, 0.29) is 0 Å². The highest BCUT2D eigenvalue weighted by Crippen LogP contribution is 2.41. The fraction of sp³-hybridized carbons (Fsp3) is 0.455. The van der Waals surface area contributed by atoms with E-state index in [0.29, 0.717) is 12.0 Å². The number of benzene rings is 1. The summed E-state index contributed by atoms with van der Waals surface area (Å²) >= 11 is 0. The van der Waals surface area contributed by atoms with Crippen LogP contribution in [0.1, 0.15) is 23.5 Å². The molecule has 1 fully saturated rings. The van der Waals surface area contributed by atoms with Gasteiger partial charge in [0.1, 0.15) is 5.75 Å². The summed E-state index contributed by atoms with van der Waals surface area (Å²) in [7, 11) is 1.69. The number of nitrogens with two attached hydrogens (primary N) is 1. The Balaban J connectivity index is 2.27. The molecule has 70 valence electrons. The second-order valence-electron chi connectivity index (χ2n) is 3.73. The summed E-state index contributed by atoms with van der Waals surface area (Å²) in [6.45, 7) is 2.11. The molecule has 1 aromatic carbocycles. The Kier molecular flexibility index (Phi) is 2.00. The summed E-state index contributed by atoms with van der Waals surface area (Å²) in [5, 5.41) is 0. The van der Waals surface area contributed by atoms with Crippen molar-refractivity contribution in [3.8, 4) is 5.75 Å². The van der Waals surface area contributed by atoms with Gasteiger partial charge in [-0.25, -0.2) is 0 Å². The van der Waals surface area contributed by atoms with E-state index in [2.05, 4.69) is 19.1 Å². The maximum Gasteiger partial charge on any atom is 0.119 e. The van der Waals surface area contributed by atoms with Crippen LogP contribution in [0.2, 0.25) is 0 Å². The van der Waals surface area contributed by atoms with Crippen LogP contribution in [-0.4, -0.2) is 13.2 Å². The van der Waals surface area contributed by atoms with Crippen LogP contribution in [0.3, 0.4) is 0 Å². The number of ether oxygens (including phenoxy) is 1. The van der Waals surface area contributed by atoms with Crippen molar-refractivity contribution in [2.24, 2.45) is 5.73 Å². The van der Waals surface area contributed by atoms with Gasteiger partial charge in [-0.2, -0.15) is 0 Å². The van der Waals surface area contributed by atoms with Crippen LogP contribution in [0.25, 0.3) is 0 Å². The van der Waals surface area contributed by atoms with Gasteiger partial charge in [-0.1, -0.05) is 6.07 Å². The van der Waals surface area contributed by atoms with E-state index < -0.39 is 0 Å². The van der Waals surface area contributed by atoms with E-state index in [1.165, 1.54) is 11.1 Å². The minimum absolute atomic E-state index is 0.382. The molecular formula is C11H15NO. The smallest absolute Gasteiger partial charge is 0.119 e. The summed E-state index contributed by atoms with van der Waals surface area (Å²) in [4.78, 5) is 0. The second-order valence-corrected chi connectivity index (χ2v) is 3.73. The molecule has 0 aliphatic heterocycles. The van der Waals surface area contributed by atoms with Gasteiger partial charge in [0.25, 0.3) is 0 Å². The largest absolute Gasteiger partial charge is 0.497 e. The number of hydrogen-bond acceptors (Lipinski definition) is 2. The van der Waals surface area contributed by atoms with Crippen molar-refractivity contribution in [1.29, 1.82) is 0 Å². The first-order chi connectivity index (χ1) is 6.22. The van der Waals surface area contributed by atoms with Crippen molar-refractivity contribution in [2.45, 2.75) is 25.3 Å². The molecule has 2 rings (SSSR count). The van der Waals surface area contributed by atoms with Crippen molar-refractivity contribution in [2.75, 3.05) is 7.11 Å².